The van der Waals surface area contributed by atoms with Crippen LogP contribution >= 0.6 is 11.6 Å². The van der Waals surface area contributed by atoms with E-state index in [1.807, 2.05) is 18.2 Å². The van der Waals surface area contributed by atoms with Gasteiger partial charge in [-0.1, -0.05) is 23.7 Å². The third kappa shape index (κ3) is 5.63. The number of rotatable bonds is 6. The summed E-state index contributed by atoms with van der Waals surface area (Å²) in [4.78, 5) is 26.1. The molecule has 0 saturated heterocycles. The van der Waals surface area contributed by atoms with E-state index in [-0.39, 0.29) is 5.91 Å². The predicted molar refractivity (Wildman–Crippen MR) is 106 cm³/mol. The number of carbonyl (C=O) groups is 2. The average Bonchev–Trinajstić information content (AvgIpc) is 2.66. The summed E-state index contributed by atoms with van der Waals surface area (Å²) in [6.45, 7) is 5.96. The van der Waals surface area contributed by atoms with Crippen LogP contribution in [0.1, 0.15) is 29.8 Å². The van der Waals surface area contributed by atoms with E-state index in [0.29, 0.717) is 10.6 Å². The van der Waals surface area contributed by atoms with Gasteiger partial charge in [-0.25, -0.2) is 0 Å². The van der Waals surface area contributed by atoms with Gasteiger partial charge in [0.25, 0.3) is 11.8 Å². The Morgan fingerprint density at radius 3 is 2.35 bits per heavy atom. The monoisotopic (exact) mass is 371 g/mol. The summed E-state index contributed by atoms with van der Waals surface area (Å²) in [5, 5.41) is 0.592. The molecule has 0 aliphatic carbocycles. The second kappa shape index (κ2) is 9.63. The van der Waals surface area contributed by atoms with Crippen LogP contribution in [0.3, 0.4) is 0 Å². The van der Waals surface area contributed by atoms with Crippen molar-refractivity contribution in [3.8, 4) is 0 Å². The van der Waals surface area contributed by atoms with E-state index in [4.69, 9.17) is 11.6 Å². The van der Waals surface area contributed by atoms with Crippen molar-refractivity contribution in [1.82, 2.24) is 10.9 Å². The first kappa shape index (κ1) is 19.5. The van der Waals surface area contributed by atoms with Crippen molar-refractivity contribution in [2.75, 3.05) is 18.0 Å². The molecule has 0 heterocycles. The third-order valence-corrected chi connectivity index (χ3v) is 4.07. The predicted octanol–water partition coefficient (Wildman–Crippen LogP) is 3.66. The van der Waals surface area contributed by atoms with Gasteiger partial charge < -0.3 is 4.90 Å². The second-order valence-corrected chi connectivity index (χ2v) is 5.99. The molecule has 0 radical (unpaired) electrons. The molecule has 0 unspecified atom stereocenters. The normalized spacial score (nSPS) is 10.6. The minimum atomic E-state index is -0.432. The maximum absolute atomic E-state index is 12.1. The van der Waals surface area contributed by atoms with Crippen LogP contribution in [0.2, 0.25) is 5.02 Å². The summed E-state index contributed by atoms with van der Waals surface area (Å²) < 4.78 is 0. The first-order chi connectivity index (χ1) is 12.5. The van der Waals surface area contributed by atoms with E-state index in [0.717, 1.165) is 24.3 Å². The van der Waals surface area contributed by atoms with E-state index in [2.05, 4.69) is 29.6 Å². The maximum atomic E-state index is 12.1. The van der Waals surface area contributed by atoms with Gasteiger partial charge in [-0.2, -0.15) is 0 Å². The fraction of sp³-hybridized carbons (Fsp3) is 0.200. The summed E-state index contributed by atoms with van der Waals surface area (Å²) in [6, 6.07) is 14.4. The first-order valence-corrected chi connectivity index (χ1v) is 8.80. The topological polar surface area (TPSA) is 61.4 Å². The van der Waals surface area contributed by atoms with Gasteiger partial charge in [0.15, 0.2) is 0 Å². The molecule has 2 aromatic carbocycles. The fourth-order valence-electron chi connectivity index (χ4n) is 2.43. The van der Waals surface area contributed by atoms with Crippen molar-refractivity contribution in [2.24, 2.45) is 0 Å². The van der Waals surface area contributed by atoms with E-state index in [9.17, 15) is 9.59 Å². The lowest BCUT2D eigenvalue weighted by atomic mass is 10.2. The number of halogens is 1. The molecule has 2 aromatic rings. The van der Waals surface area contributed by atoms with Crippen molar-refractivity contribution in [2.45, 2.75) is 13.8 Å². The quantitative estimate of drug-likeness (QED) is 0.601. The van der Waals surface area contributed by atoms with Crippen molar-refractivity contribution >= 4 is 35.2 Å². The summed E-state index contributed by atoms with van der Waals surface area (Å²) in [5.74, 6) is -0.807. The van der Waals surface area contributed by atoms with Crippen LogP contribution in [-0.4, -0.2) is 24.9 Å². The minimum Gasteiger partial charge on any atom is -0.372 e. The van der Waals surface area contributed by atoms with Crippen LogP contribution in [0, 0.1) is 0 Å². The van der Waals surface area contributed by atoms with E-state index in [1.165, 1.54) is 6.08 Å². The number of nitrogens with one attached hydrogen (secondary N) is 2. The highest BCUT2D eigenvalue weighted by Gasteiger charge is 2.07. The Hall–Kier alpha value is -2.79. The molecule has 0 saturated carbocycles. The minimum absolute atomic E-state index is 0.374. The van der Waals surface area contributed by atoms with Gasteiger partial charge in [-0.05, 0) is 61.9 Å². The van der Waals surface area contributed by atoms with Crippen molar-refractivity contribution in [1.29, 1.82) is 0 Å². The molecule has 0 fully saturated rings. The summed E-state index contributed by atoms with van der Waals surface area (Å²) in [6.07, 6.45) is 2.95. The molecule has 26 heavy (non-hydrogen) atoms. The Morgan fingerprint density at radius 1 is 1.04 bits per heavy atom. The highest BCUT2D eigenvalue weighted by atomic mass is 35.5. The van der Waals surface area contributed by atoms with Gasteiger partial charge in [0.1, 0.15) is 0 Å². The molecule has 2 N–H and O–H groups in total. The molecular weight excluding hydrogens is 350 g/mol. The van der Waals surface area contributed by atoms with Crippen LogP contribution < -0.4 is 15.8 Å². The number of hydrogen-bond donors (Lipinski definition) is 2. The zero-order valence-electron chi connectivity index (χ0n) is 14.8. The Bertz CT molecular complexity index is 784. The molecule has 0 atom stereocenters. The molecule has 2 amide bonds. The summed E-state index contributed by atoms with van der Waals surface area (Å²) >= 11 is 5.89. The van der Waals surface area contributed by atoms with Crippen LogP contribution in [0.4, 0.5) is 5.69 Å². The SMILES string of the molecule is CCN(CC)c1ccc(C(=O)NNC(=O)/C=C/c2cccc(Cl)c2)cc1. The molecule has 6 heteroatoms. The number of amides is 2. The molecule has 5 nitrogen and oxygen atoms in total. The summed E-state index contributed by atoms with van der Waals surface area (Å²) in [7, 11) is 0. The molecule has 0 spiro atoms. The molecule has 0 aliphatic rings. The van der Waals surface area contributed by atoms with E-state index >= 15 is 0 Å². The van der Waals surface area contributed by atoms with Crippen LogP contribution in [0.25, 0.3) is 6.08 Å². The van der Waals surface area contributed by atoms with Crippen molar-refractivity contribution in [3.05, 3.63) is 70.8 Å². The Balaban J connectivity index is 1.88. The lowest BCUT2D eigenvalue weighted by Gasteiger charge is -2.21. The lowest BCUT2D eigenvalue weighted by molar-refractivity contribution is -0.117. The van der Waals surface area contributed by atoms with Gasteiger partial charge in [0.05, 0.1) is 0 Å². The summed E-state index contributed by atoms with van der Waals surface area (Å²) in [5.41, 5.74) is 7.08. The molecule has 0 aromatic heterocycles. The lowest BCUT2D eigenvalue weighted by Crippen LogP contribution is -2.40. The number of carbonyl (C=O) groups excluding carboxylic acids is 2. The number of anilines is 1. The fourth-order valence-corrected chi connectivity index (χ4v) is 2.63. The van der Waals surface area contributed by atoms with E-state index < -0.39 is 5.91 Å². The molecule has 0 aliphatic heterocycles. The zero-order chi connectivity index (χ0) is 18.9. The molecule has 0 bridgehead atoms. The Kier molecular flexibility index (Phi) is 7.24. The van der Waals surface area contributed by atoms with Gasteiger partial charge in [-0.15, -0.1) is 0 Å². The Morgan fingerprint density at radius 2 is 1.73 bits per heavy atom. The van der Waals surface area contributed by atoms with Crippen LogP contribution in [0.15, 0.2) is 54.6 Å². The van der Waals surface area contributed by atoms with Gasteiger partial charge in [-0.3, -0.25) is 20.4 Å². The van der Waals surface area contributed by atoms with Crippen LogP contribution in [0.5, 0.6) is 0 Å². The third-order valence-electron chi connectivity index (χ3n) is 3.83. The van der Waals surface area contributed by atoms with Crippen molar-refractivity contribution in [3.63, 3.8) is 0 Å². The van der Waals surface area contributed by atoms with Gasteiger partial charge >= 0.3 is 0 Å². The smallest absolute Gasteiger partial charge is 0.269 e. The zero-order valence-corrected chi connectivity index (χ0v) is 15.6. The largest absolute Gasteiger partial charge is 0.372 e. The van der Waals surface area contributed by atoms with Gasteiger partial charge in [0, 0.05) is 35.4 Å². The van der Waals surface area contributed by atoms with Gasteiger partial charge in [0.2, 0.25) is 0 Å². The highest BCUT2D eigenvalue weighted by Crippen LogP contribution is 2.15. The van der Waals surface area contributed by atoms with Crippen molar-refractivity contribution < 1.29 is 9.59 Å². The first-order valence-electron chi connectivity index (χ1n) is 8.42. The number of hydrogen-bond acceptors (Lipinski definition) is 3. The number of benzene rings is 2. The Labute approximate surface area is 158 Å². The molecule has 136 valence electrons. The highest BCUT2D eigenvalue weighted by molar-refractivity contribution is 6.30. The number of nitrogens with zero attached hydrogens (tertiary/aromatic N) is 1. The standard InChI is InChI=1S/C20H22ClN3O2/c1-3-24(4-2)18-11-9-16(10-12-18)20(26)23-22-19(25)13-8-15-6-5-7-17(21)14-15/h5-14H,3-4H2,1-2H3,(H,22,25)(H,23,26)/b13-8+. The average molecular weight is 372 g/mol. The molecule has 2 rings (SSSR count). The second-order valence-electron chi connectivity index (χ2n) is 5.55. The van der Waals surface area contributed by atoms with Crippen LogP contribution in [-0.2, 0) is 4.79 Å². The molecular formula is C20H22ClN3O2. The number of hydrazine groups is 1. The maximum Gasteiger partial charge on any atom is 0.269 e. The van der Waals surface area contributed by atoms with E-state index in [1.54, 1.807) is 36.4 Å².